The summed E-state index contributed by atoms with van der Waals surface area (Å²) in [5, 5.41) is 9.03. The van der Waals surface area contributed by atoms with Crippen molar-refractivity contribution in [2.75, 3.05) is 12.4 Å². The van der Waals surface area contributed by atoms with Crippen LogP contribution in [0.15, 0.2) is 48.5 Å². The van der Waals surface area contributed by atoms with Gasteiger partial charge in [0.25, 0.3) is 5.91 Å². The Labute approximate surface area is 171 Å². The number of anilines is 1. The molecular weight excluding hydrogens is 394 g/mol. The topological polar surface area (TPSA) is 56.1 Å². The average molecular weight is 412 g/mol. The van der Waals surface area contributed by atoms with E-state index in [2.05, 4.69) is 16.5 Å². The van der Waals surface area contributed by atoms with Gasteiger partial charge in [0.15, 0.2) is 0 Å². The maximum atomic E-state index is 12.8. The Morgan fingerprint density at radius 1 is 1.18 bits per heavy atom. The summed E-state index contributed by atoms with van der Waals surface area (Å²) < 4.78 is 7.19. The van der Waals surface area contributed by atoms with Crippen molar-refractivity contribution in [3.05, 3.63) is 69.7 Å². The van der Waals surface area contributed by atoms with Crippen molar-refractivity contribution in [1.82, 2.24) is 9.78 Å². The summed E-state index contributed by atoms with van der Waals surface area (Å²) in [6, 6.07) is 15.1. The molecule has 2 aromatic heterocycles. The van der Waals surface area contributed by atoms with Gasteiger partial charge in [-0.05, 0) is 55.8 Å². The Morgan fingerprint density at radius 2 is 2.00 bits per heavy atom. The average Bonchev–Trinajstić information content (AvgIpc) is 3.23. The van der Waals surface area contributed by atoms with Crippen LogP contribution in [0.1, 0.15) is 20.9 Å². The van der Waals surface area contributed by atoms with Crippen molar-refractivity contribution in [1.29, 1.82) is 0 Å². The zero-order valence-corrected chi connectivity index (χ0v) is 17.2. The molecule has 28 heavy (non-hydrogen) atoms. The minimum atomic E-state index is -0.211. The Balaban J connectivity index is 1.72. The van der Waals surface area contributed by atoms with E-state index in [1.54, 1.807) is 25.3 Å². The van der Waals surface area contributed by atoms with Gasteiger partial charge in [0, 0.05) is 10.4 Å². The number of amides is 1. The molecule has 7 heteroatoms. The number of aromatic nitrogens is 2. The normalized spacial score (nSPS) is 11.0. The molecule has 0 unspecified atom stereocenters. The van der Waals surface area contributed by atoms with Crippen molar-refractivity contribution in [3.8, 4) is 11.4 Å². The van der Waals surface area contributed by atoms with Gasteiger partial charge in [0.05, 0.1) is 29.1 Å². The van der Waals surface area contributed by atoms with Crippen LogP contribution < -0.4 is 10.1 Å². The molecule has 0 aliphatic heterocycles. The third-order valence-electron chi connectivity index (χ3n) is 4.42. The summed E-state index contributed by atoms with van der Waals surface area (Å²) in [5.74, 6) is 0.345. The van der Waals surface area contributed by atoms with E-state index in [1.165, 1.54) is 11.3 Å². The number of hydrogen-bond donors (Lipinski definition) is 1. The third kappa shape index (κ3) is 3.37. The predicted molar refractivity (Wildman–Crippen MR) is 114 cm³/mol. The zero-order chi connectivity index (χ0) is 19.8. The Hall–Kier alpha value is -2.83. The van der Waals surface area contributed by atoms with Crippen molar-refractivity contribution in [3.63, 3.8) is 0 Å². The number of fused-ring (bicyclic) bond motifs is 1. The second-order valence-electron chi connectivity index (χ2n) is 6.46. The van der Waals surface area contributed by atoms with Crippen LogP contribution in [0, 0.1) is 13.8 Å². The first-order valence-electron chi connectivity index (χ1n) is 8.67. The first kappa shape index (κ1) is 18.5. The number of halogens is 1. The maximum Gasteiger partial charge on any atom is 0.265 e. The molecule has 4 aromatic rings. The van der Waals surface area contributed by atoms with Gasteiger partial charge in [0.1, 0.15) is 10.6 Å². The summed E-state index contributed by atoms with van der Waals surface area (Å²) in [6.45, 7) is 3.99. The fraction of sp³-hybridized carbons (Fsp3) is 0.143. The smallest absolute Gasteiger partial charge is 0.265 e. The lowest BCUT2D eigenvalue weighted by Gasteiger charge is -2.09. The molecule has 0 saturated heterocycles. The number of nitrogens with one attached hydrogen (secondary N) is 1. The first-order valence-corrected chi connectivity index (χ1v) is 9.87. The summed E-state index contributed by atoms with van der Waals surface area (Å²) >= 11 is 7.46. The van der Waals surface area contributed by atoms with E-state index in [4.69, 9.17) is 16.3 Å². The van der Waals surface area contributed by atoms with Gasteiger partial charge in [-0.3, -0.25) is 4.79 Å². The van der Waals surface area contributed by atoms with Gasteiger partial charge in [-0.25, -0.2) is 4.68 Å². The third-order valence-corrected chi connectivity index (χ3v) is 5.77. The molecule has 0 aliphatic rings. The number of carbonyl (C=O) groups is 1. The first-order chi connectivity index (χ1) is 13.5. The highest BCUT2D eigenvalue weighted by Crippen LogP contribution is 2.33. The van der Waals surface area contributed by atoms with E-state index in [-0.39, 0.29) is 5.91 Å². The maximum absolute atomic E-state index is 12.8. The molecule has 4 rings (SSSR count). The van der Waals surface area contributed by atoms with Gasteiger partial charge in [0.2, 0.25) is 0 Å². The Kier molecular flexibility index (Phi) is 4.83. The molecule has 0 saturated carbocycles. The number of nitrogens with zero attached hydrogens (tertiary/aromatic N) is 2. The highest BCUT2D eigenvalue weighted by Gasteiger charge is 2.18. The molecule has 2 heterocycles. The Bertz CT molecular complexity index is 1200. The van der Waals surface area contributed by atoms with Crippen LogP contribution in [-0.2, 0) is 0 Å². The highest BCUT2D eigenvalue weighted by molar-refractivity contribution is 7.20. The zero-order valence-electron chi connectivity index (χ0n) is 15.6. The lowest BCUT2D eigenvalue weighted by molar-refractivity contribution is 0.103. The lowest BCUT2D eigenvalue weighted by Crippen LogP contribution is -2.11. The number of carbonyl (C=O) groups excluding carboxylic acids is 1. The van der Waals surface area contributed by atoms with E-state index in [0.29, 0.717) is 21.3 Å². The molecule has 0 aliphatic carbocycles. The summed E-state index contributed by atoms with van der Waals surface area (Å²) in [6.07, 6.45) is 0. The summed E-state index contributed by atoms with van der Waals surface area (Å²) in [4.78, 5) is 14.4. The van der Waals surface area contributed by atoms with Crippen molar-refractivity contribution < 1.29 is 9.53 Å². The van der Waals surface area contributed by atoms with Crippen LogP contribution in [0.3, 0.4) is 0 Å². The van der Waals surface area contributed by atoms with Crippen molar-refractivity contribution in [2.45, 2.75) is 13.8 Å². The van der Waals surface area contributed by atoms with E-state index in [0.717, 1.165) is 27.2 Å². The SMILES string of the molecule is COc1ccc(Cl)cc1NC(=O)c1cc2c(C)nn(-c3cccc(C)c3)c2s1. The minimum absolute atomic E-state index is 0.211. The Morgan fingerprint density at radius 3 is 2.75 bits per heavy atom. The molecule has 142 valence electrons. The highest BCUT2D eigenvalue weighted by atomic mass is 35.5. The molecule has 0 fully saturated rings. The van der Waals surface area contributed by atoms with Crippen LogP contribution in [-0.4, -0.2) is 22.8 Å². The van der Waals surface area contributed by atoms with Crippen LogP contribution in [0.2, 0.25) is 5.02 Å². The monoisotopic (exact) mass is 411 g/mol. The van der Waals surface area contributed by atoms with Crippen molar-refractivity contribution in [2.24, 2.45) is 0 Å². The molecule has 2 aromatic carbocycles. The second-order valence-corrected chi connectivity index (χ2v) is 7.93. The lowest BCUT2D eigenvalue weighted by atomic mass is 10.2. The molecule has 0 radical (unpaired) electrons. The van der Waals surface area contributed by atoms with E-state index in [1.807, 2.05) is 42.8 Å². The second kappa shape index (κ2) is 7.30. The molecule has 1 amide bonds. The fourth-order valence-electron chi connectivity index (χ4n) is 3.06. The number of rotatable bonds is 4. The molecule has 0 atom stereocenters. The standard InChI is InChI=1S/C21H18ClN3O2S/c1-12-5-4-6-15(9-12)25-21-16(13(2)24-25)11-19(28-21)20(26)23-17-10-14(22)7-8-18(17)27-3/h4-11H,1-3H3,(H,23,26). The van der Waals surface area contributed by atoms with E-state index in [9.17, 15) is 4.79 Å². The predicted octanol–water partition coefficient (Wildman–Crippen LogP) is 5.62. The molecular formula is C21H18ClN3O2S. The summed E-state index contributed by atoms with van der Waals surface area (Å²) in [5.41, 5.74) is 3.55. The van der Waals surface area contributed by atoms with Gasteiger partial charge in [-0.2, -0.15) is 5.10 Å². The van der Waals surface area contributed by atoms with E-state index >= 15 is 0 Å². The van der Waals surface area contributed by atoms with Crippen LogP contribution in [0.25, 0.3) is 15.9 Å². The van der Waals surface area contributed by atoms with Crippen molar-refractivity contribution >= 4 is 44.7 Å². The molecule has 0 spiro atoms. The van der Waals surface area contributed by atoms with E-state index < -0.39 is 0 Å². The fourth-order valence-corrected chi connectivity index (χ4v) is 4.31. The number of hydrogen-bond acceptors (Lipinski definition) is 4. The van der Waals surface area contributed by atoms with Crippen LogP contribution >= 0.6 is 22.9 Å². The quantitative estimate of drug-likeness (QED) is 0.474. The molecule has 1 N–H and O–H groups in total. The summed E-state index contributed by atoms with van der Waals surface area (Å²) in [7, 11) is 1.55. The molecule has 5 nitrogen and oxygen atoms in total. The number of aryl methyl sites for hydroxylation is 2. The van der Waals surface area contributed by atoms with Gasteiger partial charge < -0.3 is 10.1 Å². The molecule has 0 bridgehead atoms. The van der Waals surface area contributed by atoms with Gasteiger partial charge in [-0.1, -0.05) is 23.7 Å². The number of benzene rings is 2. The number of methoxy groups -OCH3 is 1. The van der Waals surface area contributed by atoms with Crippen LogP contribution in [0.5, 0.6) is 5.75 Å². The minimum Gasteiger partial charge on any atom is -0.495 e. The van der Waals surface area contributed by atoms with Gasteiger partial charge >= 0.3 is 0 Å². The largest absolute Gasteiger partial charge is 0.495 e. The van der Waals surface area contributed by atoms with Gasteiger partial charge in [-0.15, -0.1) is 11.3 Å². The van der Waals surface area contributed by atoms with Crippen LogP contribution in [0.4, 0.5) is 5.69 Å². The number of ether oxygens (including phenoxy) is 1. The number of thiophene rings is 1.